The van der Waals surface area contributed by atoms with Gasteiger partial charge in [0.15, 0.2) is 0 Å². The van der Waals surface area contributed by atoms with E-state index in [2.05, 4.69) is 5.32 Å². The van der Waals surface area contributed by atoms with E-state index in [9.17, 15) is 4.39 Å². The van der Waals surface area contributed by atoms with E-state index >= 15 is 0 Å². The van der Waals surface area contributed by atoms with Crippen LogP contribution in [0.1, 0.15) is 22.7 Å². The molecule has 0 bridgehead atoms. The molecule has 1 nitrogen and oxygen atoms in total. The highest BCUT2D eigenvalue weighted by Crippen LogP contribution is 2.38. The normalized spacial score (nSPS) is 17.4. The second kappa shape index (κ2) is 4.29. The van der Waals surface area contributed by atoms with E-state index in [1.54, 1.807) is 0 Å². The third-order valence-electron chi connectivity index (χ3n) is 3.40. The van der Waals surface area contributed by atoms with Gasteiger partial charge in [0.2, 0.25) is 0 Å². The lowest BCUT2D eigenvalue weighted by atomic mass is 10.0. The van der Waals surface area contributed by atoms with Crippen molar-refractivity contribution >= 4 is 17.3 Å². The van der Waals surface area contributed by atoms with Gasteiger partial charge in [0.25, 0.3) is 0 Å². The van der Waals surface area contributed by atoms with E-state index in [1.165, 1.54) is 17.7 Å². The Morgan fingerprint density at radius 1 is 1.22 bits per heavy atom. The Labute approximate surface area is 111 Å². The van der Waals surface area contributed by atoms with Gasteiger partial charge < -0.3 is 5.32 Å². The number of anilines is 1. The number of aryl methyl sites for hydroxylation is 1. The van der Waals surface area contributed by atoms with E-state index in [-0.39, 0.29) is 11.9 Å². The van der Waals surface area contributed by atoms with Crippen molar-refractivity contribution in [1.82, 2.24) is 0 Å². The van der Waals surface area contributed by atoms with Crippen molar-refractivity contribution in [3.05, 3.63) is 63.9 Å². The number of nitrogens with one attached hydrogen (secondary N) is 1. The first-order valence-electron chi connectivity index (χ1n) is 5.94. The molecule has 1 aliphatic heterocycles. The quantitative estimate of drug-likeness (QED) is 0.797. The summed E-state index contributed by atoms with van der Waals surface area (Å²) in [5, 5.41) is 4.26. The van der Waals surface area contributed by atoms with Crippen LogP contribution in [-0.2, 0) is 6.42 Å². The molecule has 0 amide bonds. The first-order chi connectivity index (χ1) is 8.63. The maximum atomic E-state index is 12.9. The zero-order chi connectivity index (χ0) is 12.7. The number of hydrogen-bond donors (Lipinski definition) is 1. The Balaban J connectivity index is 1.93. The van der Waals surface area contributed by atoms with Gasteiger partial charge in [0.1, 0.15) is 5.82 Å². The van der Waals surface area contributed by atoms with Gasteiger partial charge in [-0.15, -0.1) is 0 Å². The summed E-state index contributed by atoms with van der Waals surface area (Å²) in [6, 6.07) is 10.8. The maximum Gasteiger partial charge on any atom is 0.123 e. The number of fused-ring (bicyclic) bond motifs is 1. The van der Waals surface area contributed by atoms with Crippen LogP contribution in [0, 0.1) is 12.7 Å². The summed E-state index contributed by atoms with van der Waals surface area (Å²) in [4.78, 5) is 0. The standard InChI is InChI=1S/C15H13ClFN/c1-9-6-12(16)7-11-8-14(18-15(9)11)10-2-4-13(17)5-3-10/h2-7,14,18H,8H2,1H3. The lowest BCUT2D eigenvalue weighted by molar-refractivity contribution is 0.626. The summed E-state index contributed by atoms with van der Waals surface area (Å²) >= 11 is 6.07. The van der Waals surface area contributed by atoms with Gasteiger partial charge in [-0.1, -0.05) is 23.7 Å². The molecule has 1 heterocycles. The molecule has 1 N–H and O–H groups in total. The Morgan fingerprint density at radius 2 is 1.94 bits per heavy atom. The summed E-state index contributed by atoms with van der Waals surface area (Å²) in [6.45, 7) is 2.05. The molecule has 0 saturated carbocycles. The molecule has 1 unspecified atom stereocenters. The SMILES string of the molecule is Cc1cc(Cl)cc2c1NC(c1ccc(F)cc1)C2. The molecular formula is C15H13ClFN. The highest BCUT2D eigenvalue weighted by Gasteiger charge is 2.23. The minimum atomic E-state index is -0.200. The molecule has 1 atom stereocenters. The second-order valence-corrected chi connectivity index (χ2v) is 5.15. The number of hydrogen-bond acceptors (Lipinski definition) is 1. The summed E-state index contributed by atoms with van der Waals surface area (Å²) in [5.74, 6) is -0.200. The molecule has 0 aromatic heterocycles. The van der Waals surface area contributed by atoms with Gasteiger partial charge in [-0.3, -0.25) is 0 Å². The zero-order valence-electron chi connectivity index (χ0n) is 10.0. The third kappa shape index (κ3) is 1.97. The molecule has 0 spiro atoms. The van der Waals surface area contributed by atoms with E-state index in [0.717, 1.165) is 28.3 Å². The Morgan fingerprint density at radius 3 is 2.67 bits per heavy atom. The summed E-state index contributed by atoms with van der Waals surface area (Å²) in [5.41, 5.74) is 4.65. The molecule has 2 aromatic rings. The van der Waals surface area contributed by atoms with Gasteiger partial charge in [-0.2, -0.15) is 0 Å². The van der Waals surface area contributed by atoms with Crippen molar-refractivity contribution in [1.29, 1.82) is 0 Å². The van der Waals surface area contributed by atoms with Gasteiger partial charge in [0.05, 0.1) is 6.04 Å². The number of benzene rings is 2. The molecule has 1 aliphatic rings. The van der Waals surface area contributed by atoms with Gasteiger partial charge in [-0.05, 0) is 54.3 Å². The molecule has 3 rings (SSSR count). The van der Waals surface area contributed by atoms with Crippen molar-refractivity contribution in [2.75, 3.05) is 5.32 Å². The largest absolute Gasteiger partial charge is 0.377 e. The van der Waals surface area contributed by atoms with E-state index in [4.69, 9.17) is 11.6 Å². The molecule has 92 valence electrons. The third-order valence-corrected chi connectivity index (χ3v) is 3.62. The van der Waals surface area contributed by atoms with Gasteiger partial charge in [-0.25, -0.2) is 4.39 Å². The fraction of sp³-hybridized carbons (Fsp3) is 0.200. The van der Waals surface area contributed by atoms with Crippen LogP contribution >= 0.6 is 11.6 Å². The molecule has 0 saturated heterocycles. The predicted octanol–water partition coefficient (Wildman–Crippen LogP) is 4.50. The highest BCUT2D eigenvalue weighted by atomic mass is 35.5. The van der Waals surface area contributed by atoms with Gasteiger partial charge >= 0.3 is 0 Å². The molecule has 0 aliphatic carbocycles. The van der Waals surface area contributed by atoms with Crippen LogP contribution in [0.5, 0.6) is 0 Å². The van der Waals surface area contributed by atoms with Crippen LogP contribution in [0.15, 0.2) is 36.4 Å². The highest BCUT2D eigenvalue weighted by molar-refractivity contribution is 6.30. The van der Waals surface area contributed by atoms with Crippen LogP contribution in [0.25, 0.3) is 0 Å². The Bertz CT molecular complexity index is 592. The minimum absolute atomic E-state index is 0.200. The smallest absolute Gasteiger partial charge is 0.123 e. The topological polar surface area (TPSA) is 12.0 Å². The van der Waals surface area contributed by atoms with E-state index in [1.807, 2.05) is 31.2 Å². The summed E-state index contributed by atoms with van der Waals surface area (Å²) in [7, 11) is 0. The average Bonchev–Trinajstić information content (AvgIpc) is 2.74. The summed E-state index contributed by atoms with van der Waals surface area (Å²) in [6.07, 6.45) is 0.891. The minimum Gasteiger partial charge on any atom is -0.377 e. The Kier molecular flexibility index (Phi) is 2.75. The Hall–Kier alpha value is -1.54. The van der Waals surface area contributed by atoms with E-state index in [0.29, 0.717) is 0 Å². The number of halogens is 2. The predicted molar refractivity (Wildman–Crippen MR) is 72.7 cm³/mol. The number of rotatable bonds is 1. The van der Waals surface area contributed by atoms with Gasteiger partial charge in [0, 0.05) is 10.7 Å². The first kappa shape index (κ1) is 11.5. The van der Waals surface area contributed by atoms with Crippen LogP contribution in [0.3, 0.4) is 0 Å². The first-order valence-corrected chi connectivity index (χ1v) is 6.32. The van der Waals surface area contributed by atoms with Crippen LogP contribution in [-0.4, -0.2) is 0 Å². The molecular weight excluding hydrogens is 249 g/mol. The average molecular weight is 262 g/mol. The van der Waals surface area contributed by atoms with Crippen molar-refractivity contribution in [3.63, 3.8) is 0 Å². The zero-order valence-corrected chi connectivity index (χ0v) is 10.8. The van der Waals surface area contributed by atoms with E-state index < -0.39 is 0 Å². The molecule has 0 radical (unpaired) electrons. The van der Waals surface area contributed by atoms with Crippen molar-refractivity contribution in [3.8, 4) is 0 Å². The molecule has 3 heteroatoms. The fourth-order valence-corrected chi connectivity index (χ4v) is 2.82. The van der Waals surface area contributed by atoms with Crippen molar-refractivity contribution in [2.45, 2.75) is 19.4 Å². The second-order valence-electron chi connectivity index (χ2n) is 4.71. The van der Waals surface area contributed by atoms with Crippen LogP contribution < -0.4 is 5.32 Å². The van der Waals surface area contributed by atoms with Crippen molar-refractivity contribution < 1.29 is 4.39 Å². The van der Waals surface area contributed by atoms with Crippen LogP contribution in [0.2, 0.25) is 5.02 Å². The molecule has 2 aromatic carbocycles. The lowest BCUT2D eigenvalue weighted by Crippen LogP contribution is -2.05. The molecule has 18 heavy (non-hydrogen) atoms. The fourth-order valence-electron chi connectivity index (χ4n) is 2.52. The monoisotopic (exact) mass is 261 g/mol. The van der Waals surface area contributed by atoms with Crippen molar-refractivity contribution in [2.24, 2.45) is 0 Å². The molecule has 0 fully saturated rings. The lowest BCUT2D eigenvalue weighted by Gasteiger charge is -2.12. The van der Waals surface area contributed by atoms with Crippen LogP contribution in [0.4, 0.5) is 10.1 Å². The maximum absolute atomic E-state index is 12.9. The summed E-state index contributed by atoms with van der Waals surface area (Å²) < 4.78 is 12.9.